The lowest BCUT2D eigenvalue weighted by Crippen LogP contribution is -2.33. The molecule has 1 amide bonds. The number of fused-ring (bicyclic) bond motifs is 1. The van der Waals surface area contributed by atoms with Crippen LogP contribution in [0.3, 0.4) is 0 Å². The SMILES string of the molecule is COc1ccc(NC(=O)CN2CCCC2c2ccc3c(c2)OCCO3)c(OC)c1. The van der Waals surface area contributed by atoms with E-state index in [-0.39, 0.29) is 11.9 Å². The van der Waals surface area contributed by atoms with Crippen molar-refractivity contribution in [1.82, 2.24) is 4.90 Å². The Balaban J connectivity index is 1.44. The van der Waals surface area contributed by atoms with Gasteiger partial charge >= 0.3 is 0 Å². The van der Waals surface area contributed by atoms with Gasteiger partial charge in [-0.15, -0.1) is 0 Å². The third kappa shape index (κ3) is 4.24. The van der Waals surface area contributed by atoms with E-state index in [1.165, 1.54) is 0 Å². The van der Waals surface area contributed by atoms with Crippen molar-refractivity contribution in [3.05, 3.63) is 42.0 Å². The minimum Gasteiger partial charge on any atom is -0.497 e. The van der Waals surface area contributed by atoms with Gasteiger partial charge in [0, 0.05) is 12.1 Å². The van der Waals surface area contributed by atoms with Crippen molar-refractivity contribution >= 4 is 11.6 Å². The zero-order valence-electron chi connectivity index (χ0n) is 16.8. The molecule has 1 atom stereocenters. The fourth-order valence-electron chi connectivity index (χ4n) is 3.94. The number of carbonyl (C=O) groups is 1. The number of methoxy groups -OCH3 is 2. The maximum atomic E-state index is 12.7. The lowest BCUT2D eigenvalue weighted by atomic mass is 10.0. The van der Waals surface area contributed by atoms with Crippen molar-refractivity contribution in [2.75, 3.05) is 45.8 Å². The Bertz CT molecular complexity index is 886. The second-order valence-corrected chi connectivity index (χ2v) is 7.15. The predicted molar refractivity (Wildman–Crippen MR) is 109 cm³/mol. The average Bonchev–Trinajstić information content (AvgIpc) is 3.21. The summed E-state index contributed by atoms with van der Waals surface area (Å²) in [6.07, 6.45) is 2.07. The van der Waals surface area contributed by atoms with Crippen LogP contribution in [0.2, 0.25) is 0 Å². The summed E-state index contributed by atoms with van der Waals surface area (Å²) in [6.45, 7) is 2.34. The Morgan fingerprint density at radius 2 is 1.93 bits per heavy atom. The highest BCUT2D eigenvalue weighted by Crippen LogP contribution is 2.38. The summed E-state index contributed by atoms with van der Waals surface area (Å²) in [5.41, 5.74) is 1.79. The van der Waals surface area contributed by atoms with Crippen molar-refractivity contribution in [2.24, 2.45) is 0 Å². The molecule has 0 radical (unpaired) electrons. The van der Waals surface area contributed by atoms with Gasteiger partial charge in [-0.3, -0.25) is 9.69 Å². The van der Waals surface area contributed by atoms with E-state index in [2.05, 4.69) is 16.3 Å². The van der Waals surface area contributed by atoms with Crippen molar-refractivity contribution in [3.8, 4) is 23.0 Å². The van der Waals surface area contributed by atoms with Gasteiger partial charge in [-0.2, -0.15) is 0 Å². The maximum absolute atomic E-state index is 12.7. The minimum absolute atomic E-state index is 0.0714. The molecule has 2 heterocycles. The average molecular weight is 398 g/mol. The van der Waals surface area contributed by atoms with Gasteiger partial charge in [-0.1, -0.05) is 6.07 Å². The van der Waals surface area contributed by atoms with Gasteiger partial charge < -0.3 is 24.3 Å². The second kappa shape index (κ2) is 8.61. The third-order valence-corrected chi connectivity index (χ3v) is 5.34. The molecule has 4 rings (SSSR count). The number of anilines is 1. The summed E-state index contributed by atoms with van der Waals surface area (Å²) in [5, 5.41) is 2.96. The van der Waals surface area contributed by atoms with Crippen LogP contribution in [0, 0.1) is 0 Å². The standard InChI is InChI=1S/C22H26N2O5/c1-26-16-6-7-17(20(13-16)27-2)23-22(25)14-24-9-3-4-18(24)15-5-8-19-21(12-15)29-11-10-28-19/h5-8,12-13,18H,3-4,9-11,14H2,1-2H3,(H,23,25). The first-order valence-electron chi connectivity index (χ1n) is 9.83. The molecule has 1 N–H and O–H groups in total. The molecular formula is C22H26N2O5. The Morgan fingerprint density at radius 3 is 2.72 bits per heavy atom. The fraction of sp³-hybridized carbons (Fsp3) is 0.409. The molecule has 0 bridgehead atoms. The monoisotopic (exact) mass is 398 g/mol. The van der Waals surface area contributed by atoms with Crippen LogP contribution in [0.1, 0.15) is 24.4 Å². The van der Waals surface area contributed by atoms with Crippen LogP contribution < -0.4 is 24.3 Å². The number of benzene rings is 2. The fourth-order valence-corrected chi connectivity index (χ4v) is 3.94. The molecule has 7 heteroatoms. The normalized spacial score (nSPS) is 18.3. The predicted octanol–water partition coefficient (Wildman–Crippen LogP) is 3.25. The van der Waals surface area contributed by atoms with Gasteiger partial charge in [0.1, 0.15) is 24.7 Å². The molecule has 2 aliphatic heterocycles. The van der Waals surface area contributed by atoms with Crippen LogP contribution in [0.4, 0.5) is 5.69 Å². The number of amides is 1. The Hall–Kier alpha value is -2.93. The number of hydrogen-bond donors (Lipinski definition) is 1. The van der Waals surface area contributed by atoms with Gasteiger partial charge in [0.15, 0.2) is 11.5 Å². The van der Waals surface area contributed by atoms with E-state index < -0.39 is 0 Å². The highest BCUT2D eigenvalue weighted by atomic mass is 16.6. The van der Waals surface area contributed by atoms with Gasteiger partial charge in [-0.25, -0.2) is 0 Å². The molecule has 2 aromatic rings. The number of rotatable bonds is 6. The van der Waals surface area contributed by atoms with Crippen LogP contribution in [0.25, 0.3) is 0 Å². The molecule has 2 aromatic carbocycles. The summed E-state index contributed by atoms with van der Waals surface area (Å²) in [7, 11) is 3.17. The van der Waals surface area contributed by atoms with Gasteiger partial charge in [0.2, 0.25) is 5.91 Å². The zero-order chi connectivity index (χ0) is 20.2. The van der Waals surface area contributed by atoms with Crippen LogP contribution in [0.15, 0.2) is 36.4 Å². The first-order valence-corrected chi connectivity index (χ1v) is 9.83. The number of likely N-dealkylation sites (tertiary alicyclic amines) is 1. The van der Waals surface area contributed by atoms with E-state index in [0.29, 0.717) is 36.9 Å². The number of ether oxygens (including phenoxy) is 4. The summed E-state index contributed by atoms with van der Waals surface area (Å²) < 4.78 is 21.9. The van der Waals surface area contributed by atoms with Gasteiger partial charge in [-0.05, 0) is 49.2 Å². The third-order valence-electron chi connectivity index (χ3n) is 5.34. The molecule has 0 aromatic heterocycles. The van der Waals surface area contributed by atoms with Crippen molar-refractivity contribution < 1.29 is 23.7 Å². The Morgan fingerprint density at radius 1 is 1.10 bits per heavy atom. The van der Waals surface area contributed by atoms with Crippen LogP contribution in [0.5, 0.6) is 23.0 Å². The number of hydrogen-bond acceptors (Lipinski definition) is 6. The summed E-state index contributed by atoms with van der Waals surface area (Å²) in [5.74, 6) is 2.75. The quantitative estimate of drug-likeness (QED) is 0.806. The summed E-state index contributed by atoms with van der Waals surface area (Å²) in [6, 6.07) is 11.6. The molecular weight excluding hydrogens is 372 g/mol. The zero-order valence-corrected chi connectivity index (χ0v) is 16.8. The van der Waals surface area contributed by atoms with Crippen molar-refractivity contribution in [2.45, 2.75) is 18.9 Å². The van der Waals surface area contributed by atoms with E-state index in [1.54, 1.807) is 32.4 Å². The summed E-state index contributed by atoms with van der Waals surface area (Å²) in [4.78, 5) is 14.9. The molecule has 154 valence electrons. The summed E-state index contributed by atoms with van der Waals surface area (Å²) >= 11 is 0. The topological polar surface area (TPSA) is 69.3 Å². The van der Waals surface area contributed by atoms with Gasteiger partial charge in [0.05, 0.1) is 26.5 Å². The van der Waals surface area contributed by atoms with Crippen LogP contribution in [-0.4, -0.2) is 51.3 Å². The molecule has 0 aliphatic carbocycles. The van der Waals surface area contributed by atoms with Gasteiger partial charge in [0.25, 0.3) is 0 Å². The number of nitrogens with zero attached hydrogens (tertiary/aromatic N) is 1. The van der Waals surface area contributed by atoms with E-state index in [0.717, 1.165) is 36.4 Å². The smallest absolute Gasteiger partial charge is 0.238 e. The number of carbonyl (C=O) groups excluding carboxylic acids is 1. The second-order valence-electron chi connectivity index (χ2n) is 7.15. The minimum atomic E-state index is -0.0714. The Labute approximate surface area is 170 Å². The van der Waals surface area contributed by atoms with E-state index in [1.807, 2.05) is 12.1 Å². The highest BCUT2D eigenvalue weighted by molar-refractivity contribution is 5.93. The lowest BCUT2D eigenvalue weighted by molar-refractivity contribution is -0.117. The molecule has 0 spiro atoms. The van der Waals surface area contributed by atoms with Crippen LogP contribution in [-0.2, 0) is 4.79 Å². The molecule has 2 aliphatic rings. The first kappa shape index (κ1) is 19.4. The molecule has 1 saturated heterocycles. The maximum Gasteiger partial charge on any atom is 0.238 e. The highest BCUT2D eigenvalue weighted by Gasteiger charge is 2.29. The first-order chi connectivity index (χ1) is 14.2. The van der Waals surface area contributed by atoms with E-state index >= 15 is 0 Å². The molecule has 7 nitrogen and oxygen atoms in total. The van der Waals surface area contributed by atoms with E-state index in [9.17, 15) is 4.79 Å². The molecule has 0 saturated carbocycles. The van der Waals surface area contributed by atoms with E-state index in [4.69, 9.17) is 18.9 Å². The van der Waals surface area contributed by atoms with Crippen molar-refractivity contribution in [3.63, 3.8) is 0 Å². The largest absolute Gasteiger partial charge is 0.497 e. The van der Waals surface area contributed by atoms with Crippen LogP contribution >= 0.6 is 0 Å². The Kier molecular flexibility index (Phi) is 5.76. The molecule has 1 unspecified atom stereocenters. The number of nitrogens with one attached hydrogen (secondary N) is 1. The molecule has 1 fully saturated rings. The lowest BCUT2D eigenvalue weighted by Gasteiger charge is -2.26. The molecule has 29 heavy (non-hydrogen) atoms. The van der Waals surface area contributed by atoms with Crippen molar-refractivity contribution in [1.29, 1.82) is 0 Å².